The zero-order valence-corrected chi connectivity index (χ0v) is 17.9. The Morgan fingerprint density at radius 2 is 2.07 bits per heavy atom. The van der Waals surface area contributed by atoms with Gasteiger partial charge in [-0.3, -0.25) is 4.79 Å². The van der Waals surface area contributed by atoms with Crippen LogP contribution < -0.4 is 10.5 Å². The zero-order chi connectivity index (χ0) is 21.0. The fourth-order valence-electron chi connectivity index (χ4n) is 3.92. The molecule has 2 unspecified atom stereocenters. The van der Waals surface area contributed by atoms with Gasteiger partial charge in [-0.25, -0.2) is 14.3 Å². The van der Waals surface area contributed by atoms with Gasteiger partial charge in [-0.1, -0.05) is 0 Å². The number of Topliss-reactive ketones (excluding diaryl/α,β-unsaturated/α-hetero) is 1. The van der Waals surface area contributed by atoms with Gasteiger partial charge in [-0.05, 0) is 62.3 Å². The van der Waals surface area contributed by atoms with Crippen molar-refractivity contribution in [1.82, 2.24) is 4.98 Å². The number of rotatable bonds is 5. The molecule has 10 heteroatoms. The monoisotopic (exact) mass is 436 g/mol. The van der Waals surface area contributed by atoms with Crippen LogP contribution in [0.3, 0.4) is 0 Å². The van der Waals surface area contributed by atoms with E-state index in [9.17, 15) is 19.2 Å². The minimum absolute atomic E-state index is 0.139. The molecule has 2 aromatic rings. The van der Waals surface area contributed by atoms with Gasteiger partial charge in [0.15, 0.2) is 5.78 Å². The predicted molar refractivity (Wildman–Crippen MR) is 111 cm³/mol. The number of hydrogen-bond donors (Lipinski definition) is 4. The van der Waals surface area contributed by atoms with Gasteiger partial charge < -0.3 is 15.5 Å². The van der Waals surface area contributed by atoms with Crippen molar-refractivity contribution in [3.63, 3.8) is 0 Å². The highest BCUT2D eigenvalue weighted by Crippen LogP contribution is 2.38. The van der Waals surface area contributed by atoms with E-state index in [0.29, 0.717) is 23.5 Å². The van der Waals surface area contributed by atoms with E-state index >= 15 is 0 Å². The van der Waals surface area contributed by atoms with Crippen LogP contribution in [0.5, 0.6) is 0 Å². The summed E-state index contributed by atoms with van der Waals surface area (Å²) in [5.74, 6) is 0.139. The summed E-state index contributed by atoms with van der Waals surface area (Å²) in [5.41, 5.74) is 3.35. The first-order valence-electron chi connectivity index (χ1n) is 9.44. The van der Waals surface area contributed by atoms with E-state index in [-0.39, 0.29) is 9.99 Å². The van der Waals surface area contributed by atoms with E-state index in [1.807, 2.05) is 6.07 Å². The average Bonchev–Trinajstić information content (AvgIpc) is 3.32. The van der Waals surface area contributed by atoms with Gasteiger partial charge in [-0.15, -0.1) is 11.3 Å². The summed E-state index contributed by atoms with van der Waals surface area (Å²) >= 11 is 0.993. The van der Waals surface area contributed by atoms with E-state index in [1.54, 1.807) is 13.8 Å². The van der Waals surface area contributed by atoms with Crippen LogP contribution in [0, 0.1) is 0 Å². The second-order valence-corrected chi connectivity index (χ2v) is 11.0. The van der Waals surface area contributed by atoms with Crippen LogP contribution in [-0.2, 0) is 34.8 Å². The fourth-order valence-corrected chi connectivity index (χ4v) is 6.07. The van der Waals surface area contributed by atoms with Gasteiger partial charge >= 0.3 is 0 Å². The number of carbonyl (C=O) groups is 1. The molecule has 1 aromatic carbocycles. The van der Waals surface area contributed by atoms with E-state index in [2.05, 4.69) is 14.7 Å². The molecule has 2 aliphatic rings. The van der Waals surface area contributed by atoms with Crippen molar-refractivity contribution < 1.29 is 19.2 Å². The van der Waals surface area contributed by atoms with Gasteiger partial charge in [0.2, 0.25) is 6.35 Å². The van der Waals surface area contributed by atoms with Crippen molar-refractivity contribution in [2.24, 2.45) is 9.50 Å². The maximum atomic E-state index is 12.8. The number of aliphatic hydroxyl groups excluding tert-OH is 1. The molecule has 0 radical (unpaired) electrons. The predicted octanol–water partition coefficient (Wildman–Crippen LogP) is 2.08. The van der Waals surface area contributed by atoms with Crippen LogP contribution in [0.15, 0.2) is 20.8 Å². The number of fused-ring (bicyclic) bond motifs is 3. The summed E-state index contributed by atoms with van der Waals surface area (Å²) in [6.07, 6.45) is 3.67. The molecule has 0 amide bonds. The number of thiazole rings is 1. The first kappa shape index (κ1) is 20.4. The summed E-state index contributed by atoms with van der Waals surface area (Å²) in [7, 11) is -3.41. The molecule has 156 valence electrons. The van der Waals surface area contributed by atoms with Crippen LogP contribution in [0.2, 0.25) is 0 Å². The van der Waals surface area contributed by atoms with Gasteiger partial charge in [-0.2, -0.15) is 4.36 Å². The highest BCUT2D eigenvalue weighted by Gasteiger charge is 2.30. The van der Waals surface area contributed by atoms with Crippen LogP contribution in [-0.4, -0.2) is 31.5 Å². The lowest BCUT2D eigenvalue weighted by molar-refractivity contribution is 0.0782. The van der Waals surface area contributed by atoms with Crippen LogP contribution in [0.1, 0.15) is 58.7 Å². The Bertz CT molecular complexity index is 1110. The lowest BCUT2D eigenvalue weighted by atomic mass is 9.97. The summed E-state index contributed by atoms with van der Waals surface area (Å²) in [5, 5.41) is 29.5. The number of nitrogens with two attached hydrogens (primary N) is 1. The van der Waals surface area contributed by atoms with Crippen LogP contribution in [0.4, 0.5) is 5.69 Å². The van der Waals surface area contributed by atoms with Crippen molar-refractivity contribution in [3.05, 3.63) is 39.5 Å². The molecule has 2 atom stereocenters. The molecule has 0 bridgehead atoms. The topological polar surface area (TPSA) is 138 Å². The Morgan fingerprint density at radius 3 is 2.76 bits per heavy atom. The zero-order valence-electron chi connectivity index (χ0n) is 16.3. The van der Waals surface area contributed by atoms with E-state index in [1.165, 1.54) is 6.20 Å². The number of aryl methyl sites for hydroxylation is 1. The third kappa shape index (κ3) is 3.82. The number of carbonyl (C=O) groups excluding carboxylic acids is 1. The number of aromatic nitrogens is 1. The first-order valence-corrected chi connectivity index (χ1v) is 11.8. The molecule has 4 rings (SSSR count). The maximum Gasteiger partial charge on any atom is 0.233 e. The third-order valence-electron chi connectivity index (χ3n) is 5.23. The van der Waals surface area contributed by atoms with E-state index in [4.69, 9.17) is 5.14 Å². The molecule has 0 spiro atoms. The molecule has 29 heavy (non-hydrogen) atoms. The molecule has 5 N–H and O–H groups in total. The van der Waals surface area contributed by atoms with E-state index < -0.39 is 21.9 Å². The molecule has 0 saturated carbocycles. The lowest BCUT2D eigenvalue weighted by Gasteiger charge is -2.17. The van der Waals surface area contributed by atoms with Crippen LogP contribution in [0.25, 0.3) is 0 Å². The highest BCUT2D eigenvalue weighted by atomic mass is 32.2. The quantitative estimate of drug-likeness (QED) is 0.530. The standard InChI is InChI=1S/C19H24N4O4S2/c1-19(2,26)17-21-9-15(28-17)29(20,27)23-18(25)22-13-8-10-4-3-5-11(10)16-12(13)6-7-14(16)24/h8-9,18,22,25-26H,3-7H2,1-2H3,(H2,20,23,27). The summed E-state index contributed by atoms with van der Waals surface area (Å²) in [4.78, 5) is 16.4. The molecule has 1 heterocycles. The number of anilines is 1. The van der Waals surface area contributed by atoms with Crippen molar-refractivity contribution in [3.8, 4) is 0 Å². The first-order chi connectivity index (χ1) is 13.6. The second kappa shape index (κ2) is 7.13. The molecule has 1 aromatic heterocycles. The Balaban J connectivity index is 1.64. The minimum Gasteiger partial charge on any atom is -0.383 e. The smallest absolute Gasteiger partial charge is 0.233 e. The van der Waals surface area contributed by atoms with Gasteiger partial charge in [0, 0.05) is 17.7 Å². The maximum absolute atomic E-state index is 12.8. The SMILES string of the molecule is CC(C)(O)c1ncc(S(N)(=O)=NC(O)Nc2cc3c(c4c2CCC4=O)CCC3)s1. The Hall–Kier alpha value is -1.85. The van der Waals surface area contributed by atoms with Crippen molar-refractivity contribution in [2.45, 2.75) is 62.1 Å². The molecule has 0 aliphatic heterocycles. The van der Waals surface area contributed by atoms with Crippen LogP contribution >= 0.6 is 11.3 Å². The van der Waals surface area contributed by atoms with E-state index in [0.717, 1.165) is 52.9 Å². The minimum atomic E-state index is -3.41. The number of ketones is 1. The second-order valence-electron chi connectivity index (χ2n) is 7.93. The molecular formula is C19H24N4O4S2. The number of benzene rings is 1. The number of hydrogen-bond acceptors (Lipinski definition) is 8. The Morgan fingerprint density at radius 1 is 1.31 bits per heavy atom. The normalized spacial score (nSPS) is 18.9. The Labute approximate surface area is 173 Å². The third-order valence-corrected chi connectivity index (χ3v) is 8.49. The van der Waals surface area contributed by atoms with Gasteiger partial charge in [0.1, 0.15) is 24.7 Å². The van der Waals surface area contributed by atoms with Gasteiger partial charge in [0.25, 0.3) is 0 Å². The number of nitrogens with zero attached hydrogens (tertiary/aromatic N) is 2. The summed E-state index contributed by atoms with van der Waals surface area (Å²) in [6.45, 7) is 3.13. The molecule has 0 saturated heterocycles. The van der Waals surface area contributed by atoms with Crippen molar-refractivity contribution in [2.75, 3.05) is 5.32 Å². The fraction of sp³-hybridized carbons (Fsp3) is 0.474. The molecular weight excluding hydrogens is 412 g/mol. The van der Waals surface area contributed by atoms with Gasteiger partial charge in [0.05, 0.1) is 6.20 Å². The number of aliphatic hydroxyl groups is 2. The van der Waals surface area contributed by atoms with Crippen molar-refractivity contribution in [1.29, 1.82) is 0 Å². The summed E-state index contributed by atoms with van der Waals surface area (Å²) in [6, 6.07) is 1.95. The summed E-state index contributed by atoms with van der Waals surface area (Å²) < 4.78 is 16.9. The number of nitrogens with one attached hydrogen (secondary N) is 1. The highest BCUT2D eigenvalue weighted by molar-refractivity contribution is 7.93. The largest absolute Gasteiger partial charge is 0.383 e. The lowest BCUT2D eigenvalue weighted by Crippen LogP contribution is -2.23. The molecule has 2 aliphatic carbocycles. The van der Waals surface area contributed by atoms with Crippen molar-refractivity contribution >= 4 is 32.7 Å². The Kier molecular flexibility index (Phi) is 5.02. The molecule has 0 fully saturated rings. The molecule has 8 nitrogen and oxygen atoms in total. The average molecular weight is 437 g/mol.